The monoisotopic (exact) mass is 529 g/mol. The minimum atomic E-state index is -0.919. The zero-order chi connectivity index (χ0) is 28.3. The van der Waals surface area contributed by atoms with Crippen LogP contribution in [0.4, 0.5) is 5.69 Å². The molecule has 0 aliphatic carbocycles. The Balaban J connectivity index is 1.83. The Kier molecular flexibility index (Phi) is 8.04. The van der Waals surface area contributed by atoms with Gasteiger partial charge in [0.1, 0.15) is 17.3 Å². The van der Waals surface area contributed by atoms with E-state index in [1.54, 1.807) is 61.7 Å². The minimum absolute atomic E-state index is 0.0440. The van der Waals surface area contributed by atoms with E-state index in [1.165, 1.54) is 24.1 Å². The van der Waals surface area contributed by atoms with E-state index in [4.69, 9.17) is 14.2 Å². The highest BCUT2D eigenvalue weighted by atomic mass is 16.5. The van der Waals surface area contributed by atoms with Crippen LogP contribution in [0.15, 0.2) is 72.3 Å². The molecule has 0 bridgehead atoms. The number of hydrogen-bond acceptors (Lipinski definition) is 7. The van der Waals surface area contributed by atoms with Gasteiger partial charge in [-0.05, 0) is 78.6 Å². The SMILES string of the molecule is COC(=O)c1ccc(N2C(=O)C(=O)/C(=C(\O)c3ccc(OCC(C)C)c(C)c3)C2c2ccc(OC)cc2)cc1. The van der Waals surface area contributed by atoms with Crippen molar-refractivity contribution in [3.05, 3.63) is 94.6 Å². The number of amides is 1. The normalized spacial score (nSPS) is 16.5. The predicted molar refractivity (Wildman–Crippen MR) is 147 cm³/mol. The second-order valence-electron chi connectivity index (χ2n) is 9.67. The highest BCUT2D eigenvalue weighted by Gasteiger charge is 2.47. The molecule has 1 fully saturated rings. The van der Waals surface area contributed by atoms with Gasteiger partial charge in [0.15, 0.2) is 0 Å². The Morgan fingerprint density at radius 2 is 1.59 bits per heavy atom. The van der Waals surface area contributed by atoms with Crippen molar-refractivity contribution in [3.63, 3.8) is 0 Å². The van der Waals surface area contributed by atoms with Crippen molar-refractivity contribution in [1.82, 2.24) is 0 Å². The van der Waals surface area contributed by atoms with Crippen LogP contribution in [0, 0.1) is 12.8 Å². The lowest BCUT2D eigenvalue weighted by Gasteiger charge is -2.25. The zero-order valence-corrected chi connectivity index (χ0v) is 22.6. The predicted octanol–water partition coefficient (Wildman–Crippen LogP) is 5.45. The third-order valence-electron chi connectivity index (χ3n) is 6.46. The van der Waals surface area contributed by atoms with Crippen LogP contribution in [-0.4, -0.2) is 43.6 Å². The van der Waals surface area contributed by atoms with Gasteiger partial charge >= 0.3 is 5.97 Å². The van der Waals surface area contributed by atoms with Crippen LogP contribution in [-0.2, 0) is 14.3 Å². The fourth-order valence-corrected chi connectivity index (χ4v) is 4.45. The maximum absolute atomic E-state index is 13.4. The highest BCUT2D eigenvalue weighted by molar-refractivity contribution is 6.51. The van der Waals surface area contributed by atoms with Crippen molar-refractivity contribution in [2.75, 3.05) is 25.7 Å². The summed E-state index contributed by atoms with van der Waals surface area (Å²) < 4.78 is 15.9. The van der Waals surface area contributed by atoms with E-state index in [-0.39, 0.29) is 11.3 Å². The maximum atomic E-state index is 13.4. The summed E-state index contributed by atoms with van der Waals surface area (Å²) in [5.41, 5.74) is 2.42. The van der Waals surface area contributed by atoms with E-state index in [9.17, 15) is 19.5 Å². The first-order chi connectivity index (χ1) is 18.7. The quantitative estimate of drug-likeness (QED) is 0.179. The average molecular weight is 530 g/mol. The summed E-state index contributed by atoms with van der Waals surface area (Å²) in [6.07, 6.45) is 0. The zero-order valence-electron chi connectivity index (χ0n) is 22.6. The molecule has 3 aromatic carbocycles. The van der Waals surface area contributed by atoms with Gasteiger partial charge in [-0.25, -0.2) is 4.79 Å². The van der Waals surface area contributed by atoms with Gasteiger partial charge in [0.2, 0.25) is 0 Å². The number of methoxy groups -OCH3 is 2. The van der Waals surface area contributed by atoms with Gasteiger partial charge in [-0.15, -0.1) is 0 Å². The molecular formula is C31H31NO7. The summed E-state index contributed by atoms with van der Waals surface area (Å²) >= 11 is 0. The molecule has 1 saturated heterocycles. The molecule has 0 spiro atoms. The fraction of sp³-hybridized carbons (Fsp3) is 0.258. The minimum Gasteiger partial charge on any atom is -0.507 e. The molecule has 0 aromatic heterocycles. The molecular weight excluding hydrogens is 498 g/mol. The van der Waals surface area contributed by atoms with Gasteiger partial charge in [-0.2, -0.15) is 0 Å². The third kappa shape index (κ3) is 5.50. The number of nitrogens with zero attached hydrogens (tertiary/aromatic N) is 1. The second kappa shape index (κ2) is 11.4. The number of Topliss-reactive ketones (excluding diaryl/α,β-unsaturated/α-hetero) is 1. The second-order valence-corrected chi connectivity index (χ2v) is 9.67. The number of aliphatic hydroxyl groups excluding tert-OH is 1. The Morgan fingerprint density at radius 1 is 0.949 bits per heavy atom. The lowest BCUT2D eigenvalue weighted by atomic mass is 9.94. The molecule has 39 heavy (non-hydrogen) atoms. The molecule has 1 amide bonds. The van der Waals surface area contributed by atoms with Crippen LogP contribution >= 0.6 is 0 Å². The molecule has 1 unspecified atom stereocenters. The molecule has 202 valence electrons. The van der Waals surface area contributed by atoms with Crippen LogP contribution in [0.2, 0.25) is 0 Å². The average Bonchev–Trinajstić information content (AvgIpc) is 3.21. The molecule has 1 atom stereocenters. The van der Waals surface area contributed by atoms with Crippen LogP contribution in [0.5, 0.6) is 11.5 Å². The number of anilines is 1. The van der Waals surface area contributed by atoms with Crippen molar-refractivity contribution in [2.45, 2.75) is 26.8 Å². The Labute approximate surface area is 227 Å². The van der Waals surface area contributed by atoms with Gasteiger partial charge in [0.25, 0.3) is 11.7 Å². The number of benzene rings is 3. The summed E-state index contributed by atoms with van der Waals surface area (Å²) in [6.45, 7) is 6.51. The molecule has 8 heteroatoms. The Morgan fingerprint density at radius 3 is 2.15 bits per heavy atom. The molecule has 4 rings (SSSR count). The Hall–Kier alpha value is -4.59. The molecule has 1 aliphatic rings. The number of esters is 1. The summed E-state index contributed by atoms with van der Waals surface area (Å²) in [5.74, 6) is -0.795. The van der Waals surface area contributed by atoms with Crippen LogP contribution in [0.3, 0.4) is 0 Å². The molecule has 1 aliphatic heterocycles. The van der Waals surface area contributed by atoms with Crippen molar-refractivity contribution < 1.29 is 33.7 Å². The van der Waals surface area contributed by atoms with E-state index >= 15 is 0 Å². The molecule has 0 saturated carbocycles. The van der Waals surface area contributed by atoms with Crippen molar-refractivity contribution in [2.24, 2.45) is 5.92 Å². The van der Waals surface area contributed by atoms with Crippen LogP contribution in [0.25, 0.3) is 5.76 Å². The summed E-state index contributed by atoms with van der Waals surface area (Å²) in [4.78, 5) is 40.1. The number of ketones is 1. The first-order valence-electron chi connectivity index (χ1n) is 12.5. The van der Waals surface area contributed by atoms with E-state index in [2.05, 4.69) is 13.8 Å². The van der Waals surface area contributed by atoms with Gasteiger partial charge in [-0.1, -0.05) is 26.0 Å². The summed E-state index contributed by atoms with van der Waals surface area (Å²) in [7, 11) is 2.82. The molecule has 3 aromatic rings. The number of hydrogen-bond donors (Lipinski definition) is 1. The first-order valence-corrected chi connectivity index (χ1v) is 12.5. The number of rotatable bonds is 8. The number of aryl methyl sites for hydroxylation is 1. The van der Waals surface area contributed by atoms with Gasteiger partial charge in [0, 0.05) is 11.3 Å². The number of aliphatic hydroxyl groups is 1. The fourth-order valence-electron chi connectivity index (χ4n) is 4.45. The third-order valence-corrected chi connectivity index (χ3v) is 6.46. The van der Waals surface area contributed by atoms with E-state index in [1.807, 2.05) is 6.92 Å². The largest absolute Gasteiger partial charge is 0.507 e. The van der Waals surface area contributed by atoms with Crippen LogP contribution in [0.1, 0.15) is 46.9 Å². The number of carbonyl (C=O) groups excluding carboxylic acids is 3. The first kappa shape index (κ1) is 27.4. The lowest BCUT2D eigenvalue weighted by Crippen LogP contribution is -2.29. The van der Waals surface area contributed by atoms with E-state index < -0.39 is 23.7 Å². The number of carbonyl (C=O) groups is 3. The smallest absolute Gasteiger partial charge is 0.337 e. The van der Waals surface area contributed by atoms with Gasteiger partial charge in [-0.3, -0.25) is 14.5 Å². The Bertz CT molecular complexity index is 1420. The maximum Gasteiger partial charge on any atom is 0.337 e. The summed E-state index contributed by atoms with van der Waals surface area (Å²) in [6, 6.07) is 17.3. The van der Waals surface area contributed by atoms with Crippen molar-refractivity contribution in [3.8, 4) is 11.5 Å². The van der Waals surface area contributed by atoms with E-state index in [0.717, 1.165) is 5.56 Å². The number of ether oxygens (including phenoxy) is 3. The molecule has 1 N–H and O–H groups in total. The van der Waals surface area contributed by atoms with Crippen molar-refractivity contribution >= 4 is 29.1 Å². The standard InChI is InChI=1S/C31H31NO7/c1-18(2)17-39-25-15-10-22(16-19(25)3)28(33)26-27(20-8-13-24(37-4)14-9-20)32(30(35)29(26)34)23-11-6-21(7-12-23)31(36)38-5/h6-16,18,27,33H,17H2,1-5H3/b28-26-. The lowest BCUT2D eigenvalue weighted by molar-refractivity contribution is -0.132. The summed E-state index contributed by atoms with van der Waals surface area (Å²) in [5, 5.41) is 11.4. The van der Waals surface area contributed by atoms with E-state index in [0.29, 0.717) is 46.4 Å². The topological polar surface area (TPSA) is 102 Å². The van der Waals surface area contributed by atoms with Crippen LogP contribution < -0.4 is 14.4 Å². The highest BCUT2D eigenvalue weighted by Crippen LogP contribution is 2.43. The van der Waals surface area contributed by atoms with Gasteiger partial charge < -0.3 is 19.3 Å². The molecule has 0 radical (unpaired) electrons. The molecule has 8 nitrogen and oxygen atoms in total. The van der Waals surface area contributed by atoms with Crippen molar-refractivity contribution in [1.29, 1.82) is 0 Å². The molecule has 1 heterocycles. The van der Waals surface area contributed by atoms with Gasteiger partial charge in [0.05, 0.1) is 38.0 Å².